The number of ketones is 1. The zero-order chi connectivity index (χ0) is 25.0. The van der Waals surface area contributed by atoms with Crippen molar-refractivity contribution in [2.45, 2.75) is 45.2 Å². The van der Waals surface area contributed by atoms with E-state index in [1.807, 2.05) is 57.2 Å². The third-order valence-corrected chi connectivity index (χ3v) is 7.05. The number of hydrogen-bond donors (Lipinski definition) is 3. The summed E-state index contributed by atoms with van der Waals surface area (Å²) in [5.41, 5.74) is 1.23. The smallest absolute Gasteiger partial charge is 0.305 e. The quantitative estimate of drug-likeness (QED) is 0.341. The number of amides is 1. The van der Waals surface area contributed by atoms with Crippen LogP contribution in [0.4, 0.5) is 0 Å². The van der Waals surface area contributed by atoms with Crippen LogP contribution in [-0.2, 0) is 14.4 Å². The van der Waals surface area contributed by atoms with E-state index < -0.39 is 29.2 Å². The summed E-state index contributed by atoms with van der Waals surface area (Å²) in [6.45, 7) is 10.1. The zero-order valence-corrected chi connectivity index (χ0v) is 20.4. The second-order valence-corrected chi connectivity index (χ2v) is 10.1. The maximum Gasteiger partial charge on any atom is 0.305 e. The van der Waals surface area contributed by atoms with Crippen molar-refractivity contribution in [2.24, 2.45) is 0 Å². The Morgan fingerprint density at radius 1 is 1.29 bits per heavy atom. The summed E-state index contributed by atoms with van der Waals surface area (Å²) in [5.74, 6) is -1.75. The minimum atomic E-state index is -0.990. The van der Waals surface area contributed by atoms with Crippen molar-refractivity contribution in [2.75, 3.05) is 12.3 Å². The summed E-state index contributed by atoms with van der Waals surface area (Å²) >= 11 is 1.59. The monoisotopic (exact) mass is 482 g/mol. The number of aliphatic hydroxyl groups excluding tert-OH is 1. The summed E-state index contributed by atoms with van der Waals surface area (Å²) in [7, 11) is 0. The molecule has 0 bridgehead atoms. The van der Waals surface area contributed by atoms with E-state index in [0.29, 0.717) is 12.3 Å². The summed E-state index contributed by atoms with van der Waals surface area (Å²) in [6.07, 6.45) is 3.43. The molecule has 1 aromatic rings. The van der Waals surface area contributed by atoms with Crippen LogP contribution in [0.5, 0.6) is 0 Å². The lowest BCUT2D eigenvalue weighted by atomic mass is 9.86. The summed E-state index contributed by atoms with van der Waals surface area (Å²) in [6, 6.07) is 9.40. The van der Waals surface area contributed by atoms with Gasteiger partial charge in [0, 0.05) is 29.2 Å². The third kappa shape index (κ3) is 5.62. The predicted octanol–water partition coefficient (Wildman–Crippen LogP) is 4.06. The average molecular weight is 483 g/mol. The molecule has 0 fully saturated rings. The zero-order valence-electron chi connectivity index (χ0n) is 19.6. The topological polar surface area (TPSA) is 107 Å². The van der Waals surface area contributed by atoms with Gasteiger partial charge < -0.3 is 20.4 Å². The van der Waals surface area contributed by atoms with Crippen molar-refractivity contribution >= 4 is 34.3 Å². The molecule has 1 atom stereocenters. The fourth-order valence-corrected chi connectivity index (χ4v) is 4.84. The minimum Gasteiger partial charge on any atom is -0.511 e. The molecule has 8 heteroatoms. The van der Waals surface area contributed by atoms with Crippen LogP contribution in [0.2, 0.25) is 0 Å². The Kier molecular flexibility index (Phi) is 7.71. The van der Waals surface area contributed by atoms with Gasteiger partial charge in [-0.25, -0.2) is 0 Å². The lowest BCUT2D eigenvalue weighted by molar-refractivity contribution is -0.138. The van der Waals surface area contributed by atoms with Crippen molar-refractivity contribution in [3.05, 3.63) is 77.2 Å². The molecular weight excluding hydrogens is 452 g/mol. The molecule has 2 aliphatic rings. The van der Waals surface area contributed by atoms with E-state index in [2.05, 4.69) is 11.9 Å². The summed E-state index contributed by atoms with van der Waals surface area (Å²) in [5, 5.41) is 22.2. The van der Waals surface area contributed by atoms with Gasteiger partial charge in [0.15, 0.2) is 0 Å². The molecule has 0 radical (unpaired) electrons. The van der Waals surface area contributed by atoms with Crippen LogP contribution in [0.1, 0.15) is 39.2 Å². The van der Waals surface area contributed by atoms with Gasteiger partial charge in [-0.3, -0.25) is 14.4 Å². The molecule has 0 aliphatic carbocycles. The van der Waals surface area contributed by atoms with Gasteiger partial charge in [0.2, 0.25) is 5.78 Å². The van der Waals surface area contributed by atoms with Crippen molar-refractivity contribution in [3.8, 4) is 0 Å². The van der Waals surface area contributed by atoms with Gasteiger partial charge in [0.25, 0.3) is 5.91 Å². The van der Waals surface area contributed by atoms with E-state index in [9.17, 15) is 19.5 Å². The number of nitrogens with one attached hydrogen (secondary N) is 1. The number of hydrogen-bond acceptors (Lipinski definition) is 6. The Bertz CT molecular complexity index is 1100. The Balaban J connectivity index is 1.72. The molecule has 0 spiro atoms. The number of aliphatic carboxylic acids is 1. The third-order valence-electron chi connectivity index (χ3n) is 5.95. The Labute approximate surface area is 203 Å². The number of carbonyl (C=O) groups is 3. The number of benzene rings is 1. The second-order valence-electron chi connectivity index (χ2n) is 8.99. The summed E-state index contributed by atoms with van der Waals surface area (Å²) in [4.78, 5) is 39.7. The van der Waals surface area contributed by atoms with Gasteiger partial charge in [-0.05, 0) is 38.0 Å². The average Bonchev–Trinajstić information content (AvgIpc) is 2.74. The van der Waals surface area contributed by atoms with E-state index >= 15 is 0 Å². The fourth-order valence-electron chi connectivity index (χ4n) is 3.92. The SMILES string of the molecule is C=C(SC/C(=C\C)CN1C(=O)C(C(=O)C2=CC(CC(=O)O)N2)=C(O)CC1(C)C)c1ccccc1. The number of carboxylic acid groups (broad SMARTS) is 1. The molecule has 3 rings (SSSR count). The maximum atomic E-state index is 13.4. The van der Waals surface area contributed by atoms with Crippen LogP contribution in [0.15, 0.2) is 71.7 Å². The van der Waals surface area contributed by atoms with Gasteiger partial charge in [-0.15, -0.1) is 11.8 Å². The number of carboxylic acids is 1. The molecule has 1 aromatic carbocycles. The highest BCUT2D eigenvalue weighted by Gasteiger charge is 2.44. The molecule has 2 heterocycles. The van der Waals surface area contributed by atoms with Crippen LogP contribution < -0.4 is 5.32 Å². The van der Waals surface area contributed by atoms with Gasteiger partial charge >= 0.3 is 5.97 Å². The lowest BCUT2D eigenvalue weighted by Crippen LogP contribution is -2.54. The van der Waals surface area contributed by atoms with Crippen LogP contribution in [0.3, 0.4) is 0 Å². The minimum absolute atomic E-state index is 0.141. The molecule has 7 nitrogen and oxygen atoms in total. The molecular formula is C26H30N2O5S. The number of carbonyl (C=O) groups excluding carboxylic acids is 2. The first-order chi connectivity index (χ1) is 16.0. The van der Waals surface area contributed by atoms with Gasteiger partial charge in [0.05, 0.1) is 18.2 Å². The number of thioether (sulfide) groups is 1. The molecule has 3 N–H and O–H groups in total. The van der Waals surface area contributed by atoms with Crippen LogP contribution in [0.25, 0.3) is 4.91 Å². The molecule has 1 unspecified atom stereocenters. The van der Waals surface area contributed by atoms with Crippen molar-refractivity contribution in [1.29, 1.82) is 0 Å². The number of allylic oxidation sites excluding steroid dienone is 2. The van der Waals surface area contributed by atoms with Crippen LogP contribution in [0, 0.1) is 0 Å². The lowest BCUT2D eigenvalue weighted by Gasteiger charge is -2.43. The molecule has 34 heavy (non-hydrogen) atoms. The van der Waals surface area contributed by atoms with E-state index in [1.54, 1.807) is 16.7 Å². The van der Waals surface area contributed by atoms with Gasteiger partial charge in [0.1, 0.15) is 11.3 Å². The Hall–Kier alpha value is -3.26. The van der Waals surface area contributed by atoms with Gasteiger partial charge in [-0.2, -0.15) is 0 Å². The first-order valence-corrected chi connectivity index (χ1v) is 12.0. The molecule has 1 amide bonds. The van der Waals surface area contributed by atoms with Crippen molar-refractivity contribution in [1.82, 2.24) is 10.2 Å². The predicted molar refractivity (Wildman–Crippen MR) is 134 cm³/mol. The van der Waals surface area contributed by atoms with Crippen LogP contribution >= 0.6 is 11.8 Å². The van der Waals surface area contributed by atoms with Crippen molar-refractivity contribution < 1.29 is 24.6 Å². The number of nitrogens with zero attached hydrogens (tertiary/aromatic N) is 1. The highest BCUT2D eigenvalue weighted by Crippen LogP contribution is 2.35. The van der Waals surface area contributed by atoms with E-state index in [-0.39, 0.29) is 29.9 Å². The molecule has 180 valence electrons. The molecule has 2 aliphatic heterocycles. The van der Waals surface area contributed by atoms with Gasteiger partial charge in [-0.1, -0.05) is 43.0 Å². The van der Waals surface area contributed by atoms with E-state index in [0.717, 1.165) is 16.0 Å². The Morgan fingerprint density at radius 3 is 2.53 bits per heavy atom. The number of Topliss-reactive ketones (excluding diaryl/α,β-unsaturated/α-hetero) is 1. The largest absolute Gasteiger partial charge is 0.511 e. The Morgan fingerprint density at radius 2 is 1.94 bits per heavy atom. The maximum absolute atomic E-state index is 13.4. The molecule has 0 aromatic heterocycles. The molecule has 0 saturated heterocycles. The second kappa shape index (κ2) is 10.3. The van der Waals surface area contributed by atoms with Crippen LogP contribution in [-0.4, -0.2) is 56.7 Å². The normalized spacial score (nSPS) is 19.8. The standard InChI is InChI=1S/C26H30N2O5S/c1-5-17(15-34-16(2)18-9-7-6-8-10-18)14-28-25(33)23(21(29)13-26(28,3)4)24(32)20-11-19(27-20)12-22(30)31/h5-11,19,27,29H,2,12-15H2,1,3-4H3,(H,30,31)/b17-5-. The highest BCUT2D eigenvalue weighted by atomic mass is 32.2. The molecule has 0 saturated carbocycles. The fraction of sp³-hybridized carbons (Fsp3) is 0.346. The summed E-state index contributed by atoms with van der Waals surface area (Å²) < 4.78 is 0. The van der Waals surface area contributed by atoms with E-state index in [4.69, 9.17) is 5.11 Å². The van der Waals surface area contributed by atoms with Crippen molar-refractivity contribution in [3.63, 3.8) is 0 Å². The number of rotatable bonds is 10. The first kappa shape index (κ1) is 25.4. The highest BCUT2D eigenvalue weighted by molar-refractivity contribution is 8.08. The number of aliphatic hydroxyl groups is 1. The first-order valence-electron chi connectivity index (χ1n) is 11.0. The van der Waals surface area contributed by atoms with E-state index in [1.165, 1.54) is 6.08 Å².